The summed E-state index contributed by atoms with van der Waals surface area (Å²) in [5, 5.41) is 3.18. The molecule has 1 heterocycles. The topological polar surface area (TPSA) is 80.0 Å². The molecule has 1 aliphatic rings. The monoisotopic (exact) mass is 352 g/mol. The molecule has 9 heteroatoms. The van der Waals surface area contributed by atoms with E-state index in [0.29, 0.717) is 32.5 Å². The van der Waals surface area contributed by atoms with Crippen LogP contribution in [0.1, 0.15) is 32.6 Å². The molecule has 0 radical (unpaired) electrons. The highest BCUT2D eigenvalue weighted by Crippen LogP contribution is 2.19. The van der Waals surface area contributed by atoms with Crippen molar-refractivity contribution < 1.29 is 22.7 Å². The number of amides is 1. The Morgan fingerprint density at radius 2 is 2.21 bits per heavy atom. The molecule has 1 fully saturated rings. The average molecular weight is 352 g/mol. The van der Waals surface area contributed by atoms with Gasteiger partial charge < -0.3 is 20.7 Å². The zero-order chi connectivity index (χ0) is 18.0. The Bertz CT molecular complexity index is 416. The van der Waals surface area contributed by atoms with Crippen LogP contribution in [0, 0.1) is 5.92 Å². The molecule has 1 amide bonds. The van der Waals surface area contributed by atoms with E-state index in [4.69, 9.17) is 5.73 Å². The first-order chi connectivity index (χ1) is 11.3. The van der Waals surface area contributed by atoms with Crippen molar-refractivity contribution in [3.05, 3.63) is 0 Å². The molecule has 0 aliphatic carbocycles. The van der Waals surface area contributed by atoms with Crippen LogP contribution < -0.4 is 11.1 Å². The zero-order valence-electron chi connectivity index (χ0n) is 14.1. The Morgan fingerprint density at radius 1 is 1.46 bits per heavy atom. The van der Waals surface area contributed by atoms with E-state index in [2.05, 4.69) is 19.9 Å². The number of hydrogen-bond donors (Lipinski definition) is 2. The minimum atomic E-state index is -4.29. The summed E-state index contributed by atoms with van der Waals surface area (Å²) in [6, 6.07) is 0. The van der Waals surface area contributed by atoms with Crippen LogP contribution >= 0.6 is 0 Å². The molecule has 3 N–H and O–H groups in total. The fourth-order valence-electron chi connectivity index (χ4n) is 2.67. The van der Waals surface area contributed by atoms with E-state index < -0.39 is 12.8 Å². The van der Waals surface area contributed by atoms with Crippen LogP contribution in [-0.2, 0) is 9.53 Å². The fraction of sp³-hybridized carbons (Fsp3) is 0.867. The lowest BCUT2D eigenvalue weighted by Gasteiger charge is -2.34. The molecular weight excluding hydrogens is 325 g/mol. The second-order valence-corrected chi connectivity index (χ2v) is 5.88. The van der Waals surface area contributed by atoms with E-state index in [1.165, 1.54) is 0 Å². The van der Waals surface area contributed by atoms with Gasteiger partial charge in [-0.25, -0.2) is 0 Å². The molecule has 140 valence electrons. The van der Waals surface area contributed by atoms with Crippen LogP contribution in [-0.4, -0.2) is 62.3 Å². The highest BCUT2D eigenvalue weighted by atomic mass is 19.4. The van der Waals surface area contributed by atoms with Gasteiger partial charge in [-0.2, -0.15) is 13.2 Å². The van der Waals surface area contributed by atoms with E-state index in [-0.39, 0.29) is 18.4 Å². The van der Waals surface area contributed by atoms with Gasteiger partial charge in [-0.15, -0.1) is 0 Å². The summed E-state index contributed by atoms with van der Waals surface area (Å²) in [7, 11) is 0. The summed E-state index contributed by atoms with van der Waals surface area (Å²) < 4.78 is 40.5. The maximum absolute atomic E-state index is 12.0. The number of halogens is 3. The van der Waals surface area contributed by atoms with Crippen molar-refractivity contribution in [2.24, 2.45) is 16.6 Å². The lowest BCUT2D eigenvalue weighted by molar-refractivity contribution is -0.173. The van der Waals surface area contributed by atoms with Crippen molar-refractivity contribution in [1.82, 2.24) is 10.2 Å². The molecule has 0 aromatic rings. The van der Waals surface area contributed by atoms with Gasteiger partial charge >= 0.3 is 6.18 Å². The molecule has 0 spiro atoms. The first-order valence-electron chi connectivity index (χ1n) is 8.28. The van der Waals surface area contributed by atoms with Gasteiger partial charge in [0.15, 0.2) is 5.96 Å². The number of guanidine groups is 1. The van der Waals surface area contributed by atoms with Crippen molar-refractivity contribution in [2.75, 3.05) is 39.4 Å². The van der Waals surface area contributed by atoms with Crippen LogP contribution in [0.2, 0.25) is 0 Å². The number of nitrogens with one attached hydrogen (secondary N) is 1. The van der Waals surface area contributed by atoms with Crippen molar-refractivity contribution in [3.8, 4) is 0 Å². The van der Waals surface area contributed by atoms with Crippen molar-refractivity contribution in [1.29, 1.82) is 0 Å². The number of carbonyl (C=O) groups is 1. The number of nitrogens with zero attached hydrogens (tertiary/aromatic N) is 2. The average Bonchev–Trinajstić information content (AvgIpc) is 2.48. The summed E-state index contributed by atoms with van der Waals surface area (Å²) >= 11 is 0. The maximum Gasteiger partial charge on any atom is 0.411 e. The first kappa shape index (κ1) is 20.5. The van der Waals surface area contributed by atoms with Gasteiger partial charge in [0, 0.05) is 39.2 Å². The van der Waals surface area contributed by atoms with Gasteiger partial charge in [-0.3, -0.25) is 9.79 Å². The second-order valence-electron chi connectivity index (χ2n) is 5.88. The summed E-state index contributed by atoms with van der Waals surface area (Å²) in [6.07, 6.45) is -1.59. The summed E-state index contributed by atoms with van der Waals surface area (Å²) in [4.78, 5) is 17.6. The molecular formula is C15H27F3N4O2. The van der Waals surface area contributed by atoms with E-state index in [9.17, 15) is 18.0 Å². The van der Waals surface area contributed by atoms with Gasteiger partial charge in [0.05, 0.1) is 0 Å². The van der Waals surface area contributed by atoms with E-state index in [1.807, 2.05) is 6.92 Å². The molecule has 1 aliphatic heterocycles. The number of likely N-dealkylation sites (tertiary alicyclic amines) is 1. The predicted molar refractivity (Wildman–Crippen MR) is 85.6 cm³/mol. The Balaban J connectivity index is 2.42. The number of primary amides is 1. The molecule has 0 aromatic carbocycles. The minimum absolute atomic E-state index is 0.0206. The molecule has 1 unspecified atom stereocenters. The maximum atomic E-state index is 12.0. The van der Waals surface area contributed by atoms with E-state index in [1.54, 1.807) is 0 Å². The van der Waals surface area contributed by atoms with Gasteiger partial charge in [0.2, 0.25) is 5.91 Å². The number of piperidine rings is 1. The number of carbonyl (C=O) groups excluding carboxylic acids is 1. The summed E-state index contributed by atoms with van der Waals surface area (Å²) in [5.74, 6) is 0.642. The number of nitrogens with two attached hydrogens (primary N) is 1. The van der Waals surface area contributed by atoms with Crippen LogP contribution in [0.3, 0.4) is 0 Å². The highest BCUT2D eigenvalue weighted by molar-refractivity contribution is 5.80. The molecule has 0 aromatic heterocycles. The van der Waals surface area contributed by atoms with Crippen LogP contribution in [0.25, 0.3) is 0 Å². The molecule has 0 saturated carbocycles. The van der Waals surface area contributed by atoms with Crippen LogP contribution in [0.4, 0.5) is 13.2 Å². The van der Waals surface area contributed by atoms with Crippen LogP contribution in [0.5, 0.6) is 0 Å². The zero-order valence-corrected chi connectivity index (χ0v) is 14.1. The lowest BCUT2D eigenvalue weighted by atomic mass is 9.95. The first-order valence-corrected chi connectivity index (χ1v) is 8.28. The molecule has 1 saturated heterocycles. The molecule has 24 heavy (non-hydrogen) atoms. The van der Waals surface area contributed by atoms with Gasteiger partial charge in [-0.1, -0.05) is 0 Å². The van der Waals surface area contributed by atoms with E-state index >= 15 is 0 Å². The third-order valence-electron chi connectivity index (χ3n) is 3.62. The smallest absolute Gasteiger partial charge is 0.372 e. The van der Waals surface area contributed by atoms with Crippen LogP contribution in [0.15, 0.2) is 4.99 Å². The molecule has 1 atom stereocenters. The Morgan fingerprint density at radius 3 is 2.83 bits per heavy atom. The lowest BCUT2D eigenvalue weighted by Crippen LogP contribution is -2.47. The number of rotatable bonds is 8. The van der Waals surface area contributed by atoms with Gasteiger partial charge in [0.1, 0.15) is 6.61 Å². The standard InChI is InChI=1S/C15H27F3N4O2/c1-2-20-14(21-6-4-8-24-11-15(16,17)18)22-7-3-5-12(10-22)9-13(19)23/h12H,2-11H2,1H3,(H2,19,23)(H,20,21). The largest absolute Gasteiger partial charge is 0.411 e. The third kappa shape index (κ3) is 8.95. The van der Waals surface area contributed by atoms with Gasteiger partial charge in [0.25, 0.3) is 0 Å². The fourth-order valence-corrected chi connectivity index (χ4v) is 2.67. The SMILES string of the molecule is CCNC(=NCCCOCC(F)(F)F)N1CCCC(CC(N)=O)C1. The Labute approximate surface area is 140 Å². The second kappa shape index (κ2) is 10.4. The minimum Gasteiger partial charge on any atom is -0.372 e. The summed E-state index contributed by atoms with van der Waals surface area (Å²) in [6.45, 7) is 3.37. The van der Waals surface area contributed by atoms with Crippen molar-refractivity contribution in [3.63, 3.8) is 0 Å². The Kier molecular flexibility index (Phi) is 8.88. The Hall–Kier alpha value is -1.51. The molecule has 0 bridgehead atoms. The summed E-state index contributed by atoms with van der Waals surface area (Å²) in [5.41, 5.74) is 5.26. The van der Waals surface area contributed by atoms with Gasteiger partial charge in [-0.05, 0) is 32.1 Å². The number of alkyl halides is 3. The van der Waals surface area contributed by atoms with Crippen molar-refractivity contribution >= 4 is 11.9 Å². The predicted octanol–water partition coefficient (Wildman–Crippen LogP) is 1.51. The quantitative estimate of drug-likeness (QED) is 0.394. The molecule has 1 rings (SSSR count). The number of hydrogen-bond acceptors (Lipinski definition) is 3. The number of aliphatic imine (C=N–C) groups is 1. The van der Waals surface area contributed by atoms with Crippen molar-refractivity contribution in [2.45, 2.75) is 38.8 Å². The molecule has 6 nitrogen and oxygen atoms in total. The normalized spacial score (nSPS) is 19.4. The number of ether oxygens (including phenoxy) is 1. The van der Waals surface area contributed by atoms with E-state index in [0.717, 1.165) is 25.3 Å². The highest BCUT2D eigenvalue weighted by Gasteiger charge is 2.27. The third-order valence-corrected chi connectivity index (χ3v) is 3.62.